The molecule has 5 N–H and O–H groups in total. The Kier molecular flexibility index (Phi) is 6.68. The van der Waals surface area contributed by atoms with E-state index in [1.807, 2.05) is 18.2 Å². The number of nitrogens with one attached hydrogen (secondary N) is 2. The van der Waals surface area contributed by atoms with E-state index < -0.39 is 13.9 Å². The van der Waals surface area contributed by atoms with Crippen LogP contribution in [0, 0.1) is 5.82 Å². The highest BCUT2D eigenvalue weighted by Gasteiger charge is 2.02. The van der Waals surface area contributed by atoms with E-state index in [9.17, 15) is 9.18 Å². The number of urea groups is 1. The van der Waals surface area contributed by atoms with Crippen LogP contribution in [0.5, 0.6) is 0 Å². The summed E-state index contributed by atoms with van der Waals surface area (Å²) in [7, 11) is -4.64. The zero-order valence-corrected chi connectivity index (χ0v) is 12.1. The molecule has 0 atom stereocenters. The number of anilines is 2. The van der Waals surface area contributed by atoms with E-state index in [1.54, 1.807) is 18.2 Å². The summed E-state index contributed by atoms with van der Waals surface area (Å²) < 4.78 is 21.8. The van der Waals surface area contributed by atoms with E-state index in [0.717, 1.165) is 0 Å². The van der Waals surface area contributed by atoms with E-state index in [-0.39, 0.29) is 5.82 Å². The maximum atomic E-state index is 12.9. The lowest BCUT2D eigenvalue weighted by Gasteiger charge is -2.07. The molecule has 0 aliphatic heterocycles. The van der Waals surface area contributed by atoms with Crippen LogP contribution in [0.25, 0.3) is 0 Å². The minimum atomic E-state index is -4.64. The van der Waals surface area contributed by atoms with Gasteiger partial charge in [-0.3, -0.25) is 0 Å². The van der Waals surface area contributed by atoms with Crippen molar-refractivity contribution in [2.24, 2.45) is 0 Å². The Hall–Kier alpha value is -2.25. The van der Waals surface area contributed by atoms with Crippen molar-refractivity contribution >= 4 is 25.2 Å². The summed E-state index contributed by atoms with van der Waals surface area (Å²) >= 11 is 0. The molecule has 2 amide bonds. The number of para-hydroxylation sites is 1. The zero-order chi connectivity index (χ0) is 16.6. The number of carbonyl (C=O) groups excluding carboxylic acids is 1. The Morgan fingerprint density at radius 1 is 0.909 bits per heavy atom. The van der Waals surface area contributed by atoms with Crippen LogP contribution in [0.1, 0.15) is 0 Å². The molecule has 0 aliphatic rings. The lowest BCUT2D eigenvalue weighted by molar-refractivity contribution is 0.262. The number of rotatable bonds is 2. The Morgan fingerprint density at radius 3 is 1.95 bits per heavy atom. The van der Waals surface area contributed by atoms with E-state index in [1.165, 1.54) is 18.2 Å². The molecule has 0 aliphatic carbocycles. The van der Waals surface area contributed by atoms with Crippen molar-refractivity contribution in [3.63, 3.8) is 0 Å². The average Bonchev–Trinajstić information content (AvgIpc) is 2.37. The van der Waals surface area contributed by atoms with Crippen LogP contribution in [-0.4, -0.2) is 20.7 Å². The second-order valence-corrected chi connectivity index (χ2v) is 5.00. The number of halogens is 1. The second kappa shape index (κ2) is 8.26. The monoisotopic (exact) mass is 328 g/mol. The fourth-order valence-corrected chi connectivity index (χ4v) is 1.38. The van der Waals surface area contributed by atoms with E-state index in [0.29, 0.717) is 11.4 Å². The molecule has 0 saturated heterocycles. The van der Waals surface area contributed by atoms with Gasteiger partial charge in [0.1, 0.15) is 5.82 Å². The zero-order valence-electron chi connectivity index (χ0n) is 11.2. The molecule has 0 bridgehead atoms. The number of amides is 2. The van der Waals surface area contributed by atoms with Gasteiger partial charge in [-0.2, -0.15) is 0 Å². The molecule has 9 heteroatoms. The largest absolute Gasteiger partial charge is 0.466 e. The molecule has 7 nitrogen and oxygen atoms in total. The molecule has 118 valence electrons. The fourth-order valence-electron chi connectivity index (χ4n) is 1.38. The highest BCUT2D eigenvalue weighted by atomic mass is 31.2. The van der Waals surface area contributed by atoms with Crippen molar-refractivity contribution in [1.29, 1.82) is 0 Å². The van der Waals surface area contributed by atoms with Gasteiger partial charge in [-0.15, -0.1) is 0 Å². The Morgan fingerprint density at radius 2 is 1.41 bits per heavy atom. The smallest absolute Gasteiger partial charge is 0.308 e. The van der Waals surface area contributed by atoms with Crippen LogP contribution in [0.15, 0.2) is 54.6 Å². The Balaban J connectivity index is 0.000000422. The summed E-state index contributed by atoms with van der Waals surface area (Å²) in [5.41, 5.74) is 1.10. The molecule has 0 spiro atoms. The minimum Gasteiger partial charge on any atom is -0.308 e. The molecule has 2 aromatic rings. The predicted octanol–water partition coefficient (Wildman–Crippen LogP) is 2.54. The highest BCUT2D eigenvalue weighted by Crippen LogP contribution is 2.25. The summed E-state index contributed by atoms with van der Waals surface area (Å²) in [6, 6.07) is 14.4. The molecule has 0 radical (unpaired) electrons. The second-order valence-electron chi connectivity index (χ2n) is 3.97. The lowest BCUT2D eigenvalue weighted by Crippen LogP contribution is -2.19. The highest BCUT2D eigenvalue weighted by molar-refractivity contribution is 7.45. The van der Waals surface area contributed by atoms with Crippen molar-refractivity contribution in [3.05, 3.63) is 60.4 Å². The predicted molar refractivity (Wildman–Crippen MR) is 79.7 cm³/mol. The summed E-state index contributed by atoms with van der Waals surface area (Å²) in [4.78, 5) is 33.1. The molecule has 0 saturated carbocycles. The summed E-state index contributed by atoms with van der Waals surface area (Å²) in [6.07, 6.45) is 0. The molecular weight excluding hydrogens is 314 g/mol. The van der Waals surface area contributed by atoms with Gasteiger partial charge in [0.15, 0.2) is 0 Å². The molecule has 22 heavy (non-hydrogen) atoms. The normalized spacial score (nSPS) is 10.2. The summed E-state index contributed by atoms with van der Waals surface area (Å²) in [6.45, 7) is 0. The van der Waals surface area contributed by atoms with Crippen molar-refractivity contribution in [1.82, 2.24) is 0 Å². The third-order valence-corrected chi connectivity index (χ3v) is 2.11. The van der Waals surface area contributed by atoms with Gasteiger partial charge in [-0.25, -0.2) is 13.8 Å². The molecule has 0 unspecified atom stereocenters. The first-order valence-corrected chi connectivity index (χ1v) is 7.47. The SMILES string of the molecule is O=C(Nc1ccccc1)Nc1cccc(F)c1.O=P(O)(O)O. The molecular formula is C13H14FN2O5P. The third-order valence-electron chi connectivity index (χ3n) is 2.11. The first kappa shape index (κ1) is 17.8. The van der Waals surface area contributed by atoms with Crippen LogP contribution in [0.2, 0.25) is 0 Å². The first-order chi connectivity index (χ1) is 10.2. The van der Waals surface area contributed by atoms with Gasteiger partial charge in [0, 0.05) is 11.4 Å². The number of benzene rings is 2. The van der Waals surface area contributed by atoms with Gasteiger partial charge in [-0.05, 0) is 30.3 Å². The summed E-state index contributed by atoms with van der Waals surface area (Å²) in [5, 5.41) is 5.18. The van der Waals surface area contributed by atoms with Gasteiger partial charge in [0.25, 0.3) is 0 Å². The number of carbonyl (C=O) groups is 1. The van der Waals surface area contributed by atoms with E-state index in [4.69, 9.17) is 19.2 Å². The van der Waals surface area contributed by atoms with Crippen LogP contribution in [-0.2, 0) is 4.57 Å². The quantitative estimate of drug-likeness (QED) is 0.543. The van der Waals surface area contributed by atoms with E-state index in [2.05, 4.69) is 10.6 Å². The standard InChI is InChI=1S/C13H11FN2O.H3O4P/c14-10-5-4-8-12(9-10)16-13(17)15-11-6-2-1-3-7-11;1-5(2,3)4/h1-9H,(H2,15,16,17);(H3,1,2,3,4). The van der Waals surface area contributed by atoms with Crippen LogP contribution in [0.4, 0.5) is 20.6 Å². The fraction of sp³-hybridized carbons (Fsp3) is 0. The van der Waals surface area contributed by atoms with Crippen molar-refractivity contribution in [3.8, 4) is 0 Å². The maximum absolute atomic E-state index is 12.9. The Bertz CT molecular complexity index is 654. The van der Waals surface area contributed by atoms with Crippen molar-refractivity contribution in [2.75, 3.05) is 10.6 Å². The van der Waals surface area contributed by atoms with Crippen LogP contribution >= 0.6 is 7.82 Å². The Labute approximate surface area is 125 Å². The van der Waals surface area contributed by atoms with Gasteiger partial charge >= 0.3 is 13.9 Å². The topological polar surface area (TPSA) is 119 Å². The van der Waals surface area contributed by atoms with Gasteiger partial charge in [-0.1, -0.05) is 24.3 Å². The molecule has 0 fully saturated rings. The lowest BCUT2D eigenvalue weighted by atomic mass is 10.3. The molecule has 0 aromatic heterocycles. The van der Waals surface area contributed by atoms with Crippen molar-refractivity contribution < 1.29 is 28.4 Å². The van der Waals surface area contributed by atoms with Crippen LogP contribution < -0.4 is 10.6 Å². The van der Waals surface area contributed by atoms with E-state index >= 15 is 0 Å². The van der Waals surface area contributed by atoms with Crippen molar-refractivity contribution in [2.45, 2.75) is 0 Å². The number of phosphoric acid groups is 1. The molecule has 0 heterocycles. The van der Waals surface area contributed by atoms with Gasteiger partial charge in [0.2, 0.25) is 0 Å². The third kappa shape index (κ3) is 8.83. The van der Waals surface area contributed by atoms with Gasteiger partial charge < -0.3 is 25.3 Å². The van der Waals surface area contributed by atoms with Crippen LogP contribution in [0.3, 0.4) is 0 Å². The maximum Gasteiger partial charge on any atom is 0.466 e. The minimum absolute atomic E-state index is 0.387. The number of hydrogen-bond acceptors (Lipinski definition) is 2. The molecule has 2 rings (SSSR count). The first-order valence-electron chi connectivity index (χ1n) is 5.91. The number of hydrogen-bond donors (Lipinski definition) is 5. The molecule has 2 aromatic carbocycles. The van der Waals surface area contributed by atoms with Gasteiger partial charge in [0.05, 0.1) is 0 Å². The summed E-state index contributed by atoms with van der Waals surface area (Å²) in [5.74, 6) is -0.387. The average molecular weight is 328 g/mol.